The molecule has 84 valence electrons. The number of rotatable bonds is 5. The van der Waals surface area contributed by atoms with Crippen LogP contribution in [0.4, 0.5) is 0 Å². The Balaban J connectivity index is 2.56. The van der Waals surface area contributed by atoms with Gasteiger partial charge in [-0.25, -0.2) is 0 Å². The average molecular weight is 216 g/mol. The van der Waals surface area contributed by atoms with Gasteiger partial charge in [0.2, 0.25) is 0 Å². The van der Waals surface area contributed by atoms with E-state index >= 15 is 0 Å². The van der Waals surface area contributed by atoms with Crippen molar-refractivity contribution in [3.63, 3.8) is 0 Å². The van der Waals surface area contributed by atoms with Crippen LogP contribution in [0.2, 0.25) is 11.6 Å². The van der Waals surface area contributed by atoms with Gasteiger partial charge in [-0.15, -0.1) is 0 Å². The first-order valence-corrected chi connectivity index (χ1v) is 7.99. The van der Waals surface area contributed by atoms with Crippen LogP contribution in [0.3, 0.4) is 0 Å². The molecule has 0 saturated carbocycles. The summed E-state index contributed by atoms with van der Waals surface area (Å²) in [6.07, 6.45) is 7.92. The average Bonchev–Trinajstić information content (AvgIpc) is 2.26. The second-order valence-corrected chi connectivity index (χ2v) is 8.06. The van der Waals surface area contributed by atoms with Gasteiger partial charge in [-0.1, -0.05) is 32.6 Å². The molecule has 0 aromatic carbocycles. The maximum Gasteiger partial charge on any atom is 0.340 e. The summed E-state index contributed by atoms with van der Waals surface area (Å²) in [6.45, 7) is 2.26. The molecule has 3 heteroatoms. The van der Waals surface area contributed by atoms with Crippen molar-refractivity contribution in [2.24, 2.45) is 0 Å². The van der Waals surface area contributed by atoms with E-state index in [1.54, 1.807) is 0 Å². The second-order valence-electron chi connectivity index (χ2n) is 4.31. The van der Waals surface area contributed by atoms with Gasteiger partial charge in [-0.3, -0.25) is 0 Å². The van der Waals surface area contributed by atoms with E-state index in [1.165, 1.54) is 44.6 Å². The van der Waals surface area contributed by atoms with Crippen LogP contribution < -0.4 is 0 Å². The molecular weight excluding hydrogens is 192 g/mol. The highest BCUT2D eigenvalue weighted by Gasteiger charge is 2.45. The van der Waals surface area contributed by atoms with E-state index in [9.17, 15) is 0 Å². The van der Waals surface area contributed by atoms with Crippen molar-refractivity contribution < 1.29 is 8.85 Å². The Bertz CT molecular complexity index is 157. The largest absolute Gasteiger partial charge is 0.397 e. The van der Waals surface area contributed by atoms with Gasteiger partial charge in [0, 0.05) is 19.8 Å². The van der Waals surface area contributed by atoms with Crippen LogP contribution in [0.15, 0.2) is 0 Å². The third-order valence-electron chi connectivity index (χ3n) is 3.55. The van der Waals surface area contributed by atoms with Crippen molar-refractivity contribution in [1.29, 1.82) is 0 Å². The lowest BCUT2D eigenvalue weighted by Crippen LogP contribution is -2.47. The van der Waals surface area contributed by atoms with Gasteiger partial charge in [-0.2, -0.15) is 0 Å². The van der Waals surface area contributed by atoms with Crippen LogP contribution in [0.5, 0.6) is 0 Å². The smallest absolute Gasteiger partial charge is 0.340 e. The summed E-state index contributed by atoms with van der Waals surface area (Å²) in [5.41, 5.74) is 0.742. The normalized spacial score (nSPS) is 26.4. The molecule has 0 N–H and O–H groups in total. The number of unbranched alkanes of at least 4 members (excludes halogenated alkanes) is 1. The molecule has 0 radical (unpaired) electrons. The van der Waals surface area contributed by atoms with Crippen molar-refractivity contribution >= 4 is 8.56 Å². The fourth-order valence-electron chi connectivity index (χ4n) is 2.62. The lowest BCUT2D eigenvalue weighted by molar-refractivity contribution is 0.211. The van der Waals surface area contributed by atoms with Crippen molar-refractivity contribution in [3.05, 3.63) is 0 Å². The molecule has 1 saturated heterocycles. The Morgan fingerprint density at radius 1 is 1.21 bits per heavy atom. The zero-order chi connectivity index (χ0) is 10.4. The highest BCUT2D eigenvalue weighted by Crippen LogP contribution is 2.41. The van der Waals surface area contributed by atoms with Gasteiger partial charge in [0.05, 0.1) is 0 Å². The van der Waals surface area contributed by atoms with E-state index in [0.717, 1.165) is 5.54 Å². The fourth-order valence-corrected chi connectivity index (χ4v) is 6.30. The van der Waals surface area contributed by atoms with Gasteiger partial charge >= 0.3 is 8.56 Å². The Morgan fingerprint density at radius 3 is 2.50 bits per heavy atom. The molecule has 0 aromatic heterocycles. The zero-order valence-electron chi connectivity index (χ0n) is 9.84. The predicted octanol–water partition coefficient (Wildman–Crippen LogP) is 3.47. The van der Waals surface area contributed by atoms with Gasteiger partial charge in [0.25, 0.3) is 0 Å². The molecule has 1 aliphatic heterocycles. The van der Waals surface area contributed by atoms with Crippen molar-refractivity contribution in [1.82, 2.24) is 0 Å². The van der Waals surface area contributed by atoms with Gasteiger partial charge < -0.3 is 8.85 Å². The molecule has 14 heavy (non-hydrogen) atoms. The quantitative estimate of drug-likeness (QED) is 0.655. The van der Waals surface area contributed by atoms with E-state index in [0.29, 0.717) is 0 Å². The zero-order valence-corrected chi connectivity index (χ0v) is 10.8. The third kappa shape index (κ3) is 2.58. The topological polar surface area (TPSA) is 18.5 Å². The van der Waals surface area contributed by atoms with Crippen molar-refractivity contribution in [2.45, 2.75) is 57.0 Å². The summed E-state index contributed by atoms with van der Waals surface area (Å²) in [5, 5.41) is 0. The van der Waals surface area contributed by atoms with E-state index in [-0.39, 0.29) is 0 Å². The first kappa shape index (κ1) is 12.2. The molecule has 1 rings (SSSR count). The predicted molar refractivity (Wildman–Crippen MR) is 61.7 cm³/mol. The minimum Gasteiger partial charge on any atom is -0.397 e. The molecule has 0 bridgehead atoms. The molecule has 1 heterocycles. The van der Waals surface area contributed by atoms with Crippen LogP contribution in [0.1, 0.15) is 45.4 Å². The maximum absolute atomic E-state index is 5.75. The lowest BCUT2D eigenvalue weighted by Gasteiger charge is -2.38. The Labute approximate surface area is 89.2 Å². The number of hydrogen-bond acceptors (Lipinski definition) is 2. The first-order chi connectivity index (χ1) is 6.79. The minimum atomic E-state index is -1.80. The Hall–Kier alpha value is 0.137. The first-order valence-electron chi connectivity index (χ1n) is 5.89. The SMILES string of the molecule is CCCCC1CCCC[Si]1(OC)OC. The maximum atomic E-state index is 5.75. The molecule has 0 amide bonds. The number of hydrogen-bond donors (Lipinski definition) is 0. The van der Waals surface area contributed by atoms with Crippen molar-refractivity contribution in [2.75, 3.05) is 14.2 Å². The van der Waals surface area contributed by atoms with Gasteiger partial charge in [-0.05, 0) is 18.9 Å². The van der Waals surface area contributed by atoms with Crippen LogP contribution in [0, 0.1) is 0 Å². The summed E-state index contributed by atoms with van der Waals surface area (Å²) in [5.74, 6) is 0. The van der Waals surface area contributed by atoms with E-state index in [4.69, 9.17) is 8.85 Å². The van der Waals surface area contributed by atoms with E-state index in [1.807, 2.05) is 14.2 Å². The summed E-state index contributed by atoms with van der Waals surface area (Å²) in [6, 6.07) is 1.20. The van der Waals surface area contributed by atoms with Crippen LogP contribution in [0.25, 0.3) is 0 Å². The summed E-state index contributed by atoms with van der Waals surface area (Å²) >= 11 is 0. The highest BCUT2D eigenvalue weighted by atomic mass is 28.4. The van der Waals surface area contributed by atoms with E-state index < -0.39 is 8.56 Å². The molecule has 1 fully saturated rings. The summed E-state index contributed by atoms with van der Waals surface area (Å²) in [7, 11) is 1.90. The van der Waals surface area contributed by atoms with E-state index in [2.05, 4.69) is 6.92 Å². The standard InChI is InChI=1S/C11H24O2Si/c1-4-5-8-11-9-6-7-10-14(11,12-2)13-3/h11H,4-10H2,1-3H3. The summed E-state index contributed by atoms with van der Waals surface area (Å²) in [4.78, 5) is 0. The molecule has 1 atom stereocenters. The molecule has 0 aliphatic carbocycles. The fraction of sp³-hybridized carbons (Fsp3) is 1.00. The molecule has 2 nitrogen and oxygen atoms in total. The molecule has 0 spiro atoms. The Kier molecular flexibility index (Phi) is 5.13. The second kappa shape index (κ2) is 5.88. The lowest BCUT2D eigenvalue weighted by atomic mass is 10.1. The Morgan fingerprint density at radius 2 is 1.93 bits per heavy atom. The molecule has 1 unspecified atom stereocenters. The highest BCUT2D eigenvalue weighted by molar-refractivity contribution is 6.69. The van der Waals surface area contributed by atoms with Gasteiger partial charge in [0.1, 0.15) is 0 Å². The molecular formula is C11H24O2Si. The van der Waals surface area contributed by atoms with Gasteiger partial charge in [0.15, 0.2) is 0 Å². The van der Waals surface area contributed by atoms with Crippen LogP contribution in [-0.2, 0) is 8.85 Å². The van der Waals surface area contributed by atoms with Crippen LogP contribution in [-0.4, -0.2) is 22.8 Å². The van der Waals surface area contributed by atoms with Crippen LogP contribution >= 0.6 is 0 Å². The summed E-state index contributed by atoms with van der Waals surface area (Å²) < 4.78 is 11.5. The molecule has 0 aromatic rings. The monoisotopic (exact) mass is 216 g/mol. The molecule has 1 aliphatic rings. The minimum absolute atomic E-state index is 0.742. The van der Waals surface area contributed by atoms with Crippen molar-refractivity contribution in [3.8, 4) is 0 Å². The third-order valence-corrected chi connectivity index (χ3v) is 7.80.